The molecule has 0 saturated carbocycles. The van der Waals surface area contributed by atoms with Crippen molar-refractivity contribution in [2.24, 2.45) is 5.50 Å². The van der Waals surface area contributed by atoms with Crippen LogP contribution in [0.3, 0.4) is 0 Å². The van der Waals surface area contributed by atoms with E-state index >= 15 is 0 Å². The average molecular weight is 123 g/mol. The monoisotopic (exact) mass is 123 g/mol. The maximum absolute atomic E-state index is 5.25. The zero-order valence-electron chi connectivity index (χ0n) is 3.99. The van der Waals surface area contributed by atoms with E-state index in [0.29, 0.717) is 8.42 Å². The third kappa shape index (κ3) is 4.82. The molecule has 0 aromatic carbocycles. The Kier molecular flexibility index (Phi) is 6.62. The molecule has 0 aromatic heterocycles. The fourth-order valence-electron chi connectivity index (χ4n) is 0.197. The minimum atomic E-state index is 0.692. The van der Waals surface area contributed by atoms with Gasteiger partial charge >= 0.3 is 0 Å². The second-order valence-electron chi connectivity index (χ2n) is 1.07. The lowest BCUT2D eigenvalue weighted by atomic mass is 10.6. The van der Waals surface area contributed by atoms with Gasteiger partial charge in [-0.3, -0.25) is 0 Å². The highest BCUT2D eigenvalue weighted by Crippen LogP contribution is 2.29. The summed E-state index contributed by atoms with van der Waals surface area (Å²) in [5, 5.41) is 0. The Hall–Kier alpha value is 0.820. The lowest BCUT2D eigenvalue weighted by Gasteiger charge is -1.87. The van der Waals surface area contributed by atoms with E-state index in [-0.39, 0.29) is 0 Å². The van der Waals surface area contributed by atoms with Gasteiger partial charge < -0.3 is 5.50 Å². The molecule has 3 heteroatoms. The van der Waals surface area contributed by atoms with Crippen LogP contribution in [0, 0.1) is 0 Å². The van der Waals surface area contributed by atoms with Gasteiger partial charge in [0.05, 0.1) is 0 Å². The van der Waals surface area contributed by atoms with Crippen LogP contribution in [0.1, 0.15) is 13.3 Å². The van der Waals surface area contributed by atoms with Gasteiger partial charge in [-0.15, -0.1) is 0 Å². The molecule has 2 atom stereocenters. The van der Waals surface area contributed by atoms with Crippen LogP contribution in [0.5, 0.6) is 0 Å². The van der Waals surface area contributed by atoms with Gasteiger partial charge in [-0.2, -0.15) is 0 Å². The molecule has 0 aliphatic rings. The highest BCUT2D eigenvalue weighted by Gasteiger charge is 1.74. The first kappa shape index (κ1) is 6.82. The zero-order valence-corrected chi connectivity index (χ0v) is 5.99. The summed E-state index contributed by atoms with van der Waals surface area (Å²) in [5.74, 6) is 0. The number of hydrogen-bond acceptors (Lipinski definition) is 1. The molecule has 0 spiro atoms. The first-order valence-corrected chi connectivity index (χ1v) is 5.38. The van der Waals surface area contributed by atoms with Gasteiger partial charge in [-0.25, -0.2) is 0 Å². The van der Waals surface area contributed by atoms with Gasteiger partial charge in [0.1, 0.15) is 0 Å². The molecule has 0 rings (SSSR count). The summed E-state index contributed by atoms with van der Waals surface area (Å²) in [6.07, 6.45) is 2.62. The lowest BCUT2D eigenvalue weighted by molar-refractivity contribution is 1.11. The van der Waals surface area contributed by atoms with Gasteiger partial charge in [0, 0.05) is 0 Å². The summed E-state index contributed by atoms with van der Waals surface area (Å²) in [5.41, 5.74) is 5.25. The van der Waals surface area contributed by atoms with Crippen molar-refractivity contribution in [3.63, 3.8) is 0 Å². The normalized spacial score (nSPS) is 13.0. The Balaban J connectivity index is 2.34. The summed E-state index contributed by atoms with van der Waals surface area (Å²) < 4.78 is 0. The van der Waals surface area contributed by atoms with Crippen LogP contribution >= 0.6 is 16.7 Å². The molecule has 6 heavy (non-hydrogen) atoms. The number of rotatable bonds is 3. The van der Waals surface area contributed by atoms with Crippen LogP contribution in [-0.4, -0.2) is 6.16 Å². The Morgan fingerprint density at radius 3 is 2.50 bits per heavy atom. The molecular formula is C3H11NP2. The van der Waals surface area contributed by atoms with Crippen LogP contribution in [0.25, 0.3) is 0 Å². The fraction of sp³-hybridized carbons (Fsp3) is 1.00. The van der Waals surface area contributed by atoms with Crippen molar-refractivity contribution in [1.29, 1.82) is 0 Å². The van der Waals surface area contributed by atoms with Crippen molar-refractivity contribution >= 4 is 16.7 Å². The fourth-order valence-corrected chi connectivity index (χ4v) is 1.77. The predicted octanol–water partition coefficient (Wildman–Crippen LogP) is 1.54. The minimum absolute atomic E-state index is 0.692. The molecule has 0 fully saturated rings. The molecule has 0 bridgehead atoms. The molecule has 0 amide bonds. The third-order valence-corrected chi connectivity index (χ3v) is 2.79. The van der Waals surface area contributed by atoms with Crippen LogP contribution in [0.2, 0.25) is 0 Å². The quantitative estimate of drug-likeness (QED) is 0.447. The second kappa shape index (κ2) is 5.82. The van der Waals surface area contributed by atoms with Crippen molar-refractivity contribution in [2.75, 3.05) is 6.16 Å². The molecule has 2 N–H and O–H groups in total. The Bertz CT molecular complexity index is 20.8. The van der Waals surface area contributed by atoms with E-state index in [0.717, 1.165) is 8.27 Å². The van der Waals surface area contributed by atoms with Gasteiger partial charge in [0.25, 0.3) is 0 Å². The highest BCUT2D eigenvalue weighted by atomic mass is 32.0. The van der Waals surface area contributed by atoms with E-state index < -0.39 is 0 Å². The molecule has 0 heterocycles. The van der Waals surface area contributed by atoms with Crippen LogP contribution in [0.4, 0.5) is 0 Å². The van der Waals surface area contributed by atoms with Crippen LogP contribution in [-0.2, 0) is 0 Å². The molecule has 38 valence electrons. The molecule has 0 aromatic rings. The highest BCUT2D eigenvalue weighted by molar-refractivity contribution is 8.10. The molecule has 2 unspecified atom stereocenters. The molecule has 0 radical (unpaired) electrons. The topological polar surface area (TPSA) is 26.0 Å². The first-order valence-electron chi connectivity index (χ1n) is 2.10. The van der Waals surface area contributed by atoms with E-state index in [1.54, 1.807) is 0 Å². The SMILES string of the molecule is CCCPPN. The summed E-state index contributed by atoms with van der Waals surface area (Å²) in [7, 11) is 1.71. The molecule has 0 saturated heterocycles. The molecule has 0 aliphatic heterocycles. The minimum Gasteiger partial charge on any atom is -0.309 e. The smallest absolute Gasteiger partial charge is 0.0308 e. The van der Waals surface area contributed by atoms with E-state index in [1.165, 1.54) is 12.6 Å². The van der Waals surface area contributed by atoms with E-state index in [2.05, 4.69) is 6.92 Å². The van der Waals surface area contributed by atoms with Crippen molar-refractivity contribution in [2.45, 2.75) is 13.3 Å². The Labute approximate surface area is 42.6 Å². The standard InChI is InChI=1S/C3H11NP2/c1-2-3-5-6-4/h5-6H,2-4H2,1H3. The largest absolute Gasteiger partial charge is 0.309 e. The predicted molar refractivity (Wildman–Crippen MR) is 36.0 cm³/mol. The van der Waals surface area contributed by atoms with Crippen LogP contribution in [0.15, 0.2) is 0 Å². The van der Waals surface area contributed by atoms with Crippen molar-refractivity contribution < 1.29 is 0 Å². The molecule has 1 nitrogen and oxygen atoms in total. The first-order chi connectivity index (χ1) is 2.91. The maximum Gasteiger partial charge on any atom is -0.0308 e. The van der Waals surface area contributed by atoms with E-state index in [4.69, 9.17) is 5.50 Å². The van der Waals surface area contributed by atoms with Gasteiger partial charge in [-0.05, 0) is 14.6 Å². The summed E-state index contributed by atoms with van der Waals surface area (Å²) in [6, 6.07) is 0. The zero-order chi connectivity index (χ0) is 4.83. The Morgan fingerprint density at radius 1 is 1.67 bits per heavy atom. The van der Waals surface area contributed by atoms with Crippen LogP contribution < -0.4 is 5.50 Å². The average Bonchev–Trinajstić information content (AvgIpc) is 1.61. The molecule has 0 aliphatic carbocycles. The summed E-state index contributed by atoms with van der Waals surface area (Å²) in [6.45, 7) is 2.19. The van der Waals surface area contributed by atoms with Gasteiger partial charge in [0.2, 0.25) is 0 Å². The van der Waals surface area contributed by atoms with E-state index in [1.807, 2.05) is 0 Å². The van der Waals surface area contributed by atoms with E-state index in [9.17, 15) is 0 Å². The maximum atomic E-state index is 5.25. The van der Waals surface area contributed by atoms with Gasteiger partial charge in [0.15, 0.2) is 0 Å². The Morgan fingerprint density at radius 2 is 2.33 bits per heavy atom. The van der Waals surface area contributed by atoms with Gasteiger partial charge in [-0.1, -0.05) is 21.6 Å². The number of nitrogens with two attached hydrogens (primary N) is 1. The lowest BCUT2D eigenvalue weighted by Crippen LogP contribution is -1.66. The second-order valence-corrected chi connectivity index (χ2v) is 4.14. The summed E-state index contributed by atoms with van der Waals surface area (Å²) in [4.78, 5) is 0. The van der Waals surface area contributed by atoms with Crippen molar-refractivity contribution in [3.05, 3.63) is 0 Å². The van der Waals surface area contributed by atoms with Crippen molar-refractivity contribution in [1.82, 2.24) is 0 Å². The number of hydrogen-bond donors (Lipinski definition) is 1. The molecular weight excluding hydrogens is 112 g/mol. The summed E-state index contributed by atoms with van der Waals surface area (Å²) >= 11 is 0. The van der Waals surface area contributed by atoms with Crippen molar-refractivity contribution in [3.8, 4) is 0 Å². The third-order valence-electron chi connectivity index (χ3n) is 0.477.